The van der Waals surface area contributed by atoms with Crippen LogP contribution in [-0.2, 0) is 48.2 Å². The van der Waals surface area contributed by atoms with Crippen molar-refractivity contribution in [3.63, 3.8) is 0 Å². The third-order valence-electron chi connectivity index (χ3n) is 8.08. The van der Waals surface area contributed by atoms with E-state index < -0.39 is 60.4 Å². The average molecular weight is 672 g/mol. The van der Waals surface area contributed by atoms with Crippen molar-refractivity contribution in [1.82, 2.24) is 26.0 Å². The quantitative estimate of drug-likeness (QED) is 0.0969. The van der Waals surface area contributed by atoms with Crippen LogP contribution in [0.25, 0.3) is 0 Å². The summed E-state index contributed by atoms with van der Waals surface area (Å²) in [5.41, 5.74) is 5.27. The molecule has 1 heterocycles. The number of nitrogens with zero attached hydrogens (tertiary/aromatic N) is 2. The van der Waals surface area contributed by atoms with Crippen LogP contribution >= 0.6 is 0 Å². The minimum atomic E-state index is -1.39. The van der Waals surface area contributed by atoms with Crippen molar-refractivity contribution in [3.8, 4) is 0 Å². The number of hydrogen-bond donors (Lipinski definition) is 4. The van der Waals surface area contributed by atoms with Crippen LogP contribution < -0.4 is 16.1 Å². The van der Waals surface area contributed by atoms with Crippen LogP contribution in [0.4, 0.5) is 0 Å². The Labute approximate surface area is 286 Å². The van der Waals surface area contributed by atoms with Crippen molar-refractivity contribution in [1.29, 1.82) is 0 Å². The molecule has 1 fully saturated rings. The number of carboxylic acid groups (broad SMARTS) is 1. The maximum Gasteiger partial charge on any atom is 0.325 e. The van der Waals surface area contributed by atoms with E-state index in [1.54, 1.807) is 4.90 Å². The van der Waals surface area contributed by atoms with Gasteiger partial charge in [-0.05, 0) is 48.9 Å². The van der Waals surface area contributed by atoms with Crippen LogP contribution in [0.1, 0.15) is 43.9 Å². The molecule has 4 atom stereocenters. The summed E-state index contributed by atoms with van der Waals surface area (Å²) in [6.45, 7) is 5.46. The number of benzene rings is 3. The number of amides is 4. The molecule has 0 spiro atoms. The Kier molecular flexibility index (Phi) is 13.4. The first-order valence-corrected chi connectivity index (χ1v) is 16.5. The largest absolute Gasteiger partial charge is 0.480 e. The molecule has 0 aliphatic carbocycles. The van der Waals surface area contributed by atoms with E-state index in [-0.39, 0.29) is 19.0 Å². The van der Waals surface area contributed by atoms with Crippen LogP contribution in [0.2, 0.25) is 0 Å². The zero-order valence-electron chi connectivity index (χ0n) is 28.1. The number of hydrogen-bond acceptors (Lipinski definition) is 7. The molecular formula is C37H45N5O7. The molecule has 49 heavy (non-hydrogen) atoms. The Bertz CT molecular complexity index is 1510. The van der Waals surface area contributed by atoms with E-state index in [0.29, 0.717) is 11.6 Å². The van der Waals surface area contributed by atoms with Gasteiger partial charge in [0, 0.05) is 13.1 Å². The van der Waals surface area contributed by atoms with Crippen molar-refractivity contribution in [2.75, 3.05) is 13.1 Å². The van der Waals surface area contributed by atoms with Crippen LogP contribution in [0.3, 0.4) is 0 Å². The molecule has 12 heteroatoms. The maximum absolute atomic E-state index is 13.6. The topological polar surface area (TPSA) is 161 Å². The second-order valence-electron chi connectivity index (χ2n) is 12.4. The lowest BCUT2D eigenvalue weighted by Crippen LogP contribution is -2.58. The molecule has 0 aromatic heterocycles. The van der Waals surface area contributed by atoms with Crippen molar-refractivity contribution in [3.05, 3.63) is 108 Å². The number of aliphatic carboxylic acids is 1. The molecule has 4 amide bonds. The first-order chi connectivity index (χ1) is 23.5. The van der Waals surface area contributed by atoms with Crippen LogP contribution in [0.5, 0.6) is 0 Å². The van der Waals surface area contributed by atoms with E-state index in [4.69, 9.17) is 4.74 Å². The summed E-state index contributed by atoms with van der Waals surface area (Å²) in [4.78, 5) is 66.4. The number of aryl methyl sites for hydroxylation is 1. The zero-order chi connectivity index (χ0) is 35.3. The van der Waals surface area contributed by atoms with Crippen molar-refractivity contribution >= 4 is 29.6 Å². The lowest BCUT2D eigenvalue weighted by atomic mass is 10.0. The molecule has 0 radical (unpaired) electrons. The molecule has 12 nitrogen and oxygen atoms in total. The molecular weight excluding hydrogens is 626 g/mol. The lowest BCUT2D eigenvalue weighted by molar-refractivity contribution is -0.151. The highest BCUT2D eigenvalue weighted by Gasteiger charge is 2.54. The van der Waals surface area contributed by atoms with Gasteiger partial charge in [-0.15, -0.1) is 0 Å². The van der Waals surface area contributed by atoms with Crippen molar-refractivity contribution < 1.29 is 33.8 Å². The Hall–Kier alpha value is -5.07. The predicted molar refractivity (Wildman–Crippen MR) is 182 cm³/mol. The van der Waals surface area contributed by atoms with Gasteiger partial charge < -0.3 is 25.4 Å². The maximum atomic E-state index is 13.6. The molecule has 3 aromatic rings. The number of carbonyl (C=O) groups excluding carboxylic acids is 4. The number of carboxylic acids is 1. The van der Waals surface area contributed by atoms with Gasteiger partial charge in [-0.25, -0.2) is 5.01 Å². The van der Waals surface area contributed by atoms with Gasteiger partial charge in [-0.2, -0.15) is 0 Å². The zero-order valence-corrected chi connectivity index (χ0v) is 28.1. The van der Waals surface area contributed by atoms with Crippen molar-refractivity contribution in [2.24, 2.45) is 5.92 Å². The monoisotopic (exact) mass is 671 g/mol. The fourth-order valence-corrected chi connectivity index (χ4v) is 5.37. The molecule has 3 aromatic carbocycles. The first-order valence-electron chi connectivity index (χ1n) is 16.5. The molecule has 2 unspecified atom stereocenters. The summed E-state index contributed by atoms with van der Waals surface area (Å²) < 4.78 is 5.49. The molecule has 0 bridgehead atoms. The van der Waals surface area contributed by atoms with Crippen LogP contribution in [0.15, 0.2) is 91.0 Å². The Morgan fingerprint density at radius 2 is 1.24 bits per heavy atom. The highest BCUT2D eigenvalue weighted by Crippen LogP contribution is 2.28. The van der Waals surface area contributed by atoms with Crippen molar-refractivity contribution in [2.45, 2.75) is 71.0 Å². The molecule has 0 saturated carbocycles. The normalized spacial score (nSPS) is 16.2. The van der Waals surface area contributed by atoms with E-state index in [0.717, 1.165) is 24.0 Å². The summed E-state index contributed by atoms with van der Waals surface area (Å²) in [6.07, 6.45) is -0.769. The van der Waals surface area contributed by atoms with Gasteiger partial charge in [0.1, 0.15) is 12.6 Å². The third-order valence-corrected chi connectivity index (χ3v) is 8.08. The van der Waals surface area contributed by atoms with E-state index in [1.165, 1.54) is 12.5 Å². The molecule has 4 N–H and O–H groups in total. The minimum absolute atomic E-state index is 0.0816. The number of ether oxygens (including phenoxy) is 1. The van der Waals surface area contributed by atoms with E-state index in [9.17, 15) is 29.1 Å². The fraction of sp³-hybridized carbons (Fsp3) is 0.378. The average Bonchev–Trinajstić information content (AvgIpc) is 3.89. The Morgan fingerprint density at radius 3 is 1.76 bits per heavy atom. The second kappa shape index (κ2) is 17.9. The Balaban J connectivity index is 1.34. The summed E-state index contributed by atoms with van der Waals surface area (Å²) in [7, 11) is 0. The lowest BCUT2D eigenvalue weighted by Gasteiger charge is -2.26. The van der Waals surface area contributed by atoms with Gasteiger partial charge in [0.2, 0.25) is 5.91 Å². The molecule has 1 saturated heterocycles. The summed E-state index contributed by atoms with van der Waals surface area (Å²) in [5, 5.41) is 16.0. The molecule has 4 rings (SSSR count). The molecule has 1 aliphatic rings. The number of nitrogens with one attached hydrogen (secondary N) is 3. The van der Waals surface area contributed by atoms with E-state index in [2.05, 4.69) is 16.1 Å². The predicted octanol–water partition coefficient (Wildman–Crippen LogP) is 2.68. The summed E-state index contributed by atoms with van der Waals surface area (Å²) >= 11 is 0. The Morgan fingerprint density at radius 1 is 0.735 bits per heavy atom. The summed E-state index contributed by atoms with van der Waals surface area (Å²) in [5.74, 6) is -3.99. The van der Waals surface area contributed by atoms with Gasteiger partial charge in [0.05, 0.1) is 6.04 Å². The van der Waals surface area contributed by atoms with Crippen LogP contribution in [-0.4, -0.2) is 82.0 Å². The second-order valence-corrected chi connectivity index (χ2v) is 12.4. The van der Waals surface area contributed by atoms with Gasteiger partial charge in [0.25, 0.3) is 17.7 Å². The van der Waals surface area contributed by atoms with Crippen LogP contribution in [0, 0.1) is 5.92 Å². The van der Waals surface area contributed by atoms with E-state index >= 15 is 0 Å². The molecule has 260 valence electrons. The van der Waals surface area contributed by atoms with Gasteiger partial charge >= 0.3 is 5.97 Å². The molecule has 1 aliphatic heterocycles. The first kappa shape index (κ1) is 36.8. The van der Waals surface area contributed by atoms with E-state index in [1.807, 2.05) is 105 Å². The number of epoxide rings is 1. The number of rotatable bonds is 17. The van der Waals surface area contributed by atoms with Gasteiger partial charge in [-0.1, -0.05) is 105 Å². The third kappa shape index (κ3) is 11.3. The summed E-state index contributed by atoms with van der Waals surface area (Å²) in [6, 6.07) is 27.1. The number of hydrazine groups is 1. The highest BCUT2D eigenvalue weighted by molar-refractivity contribution is 5.97. The number of carbonyl (C=O) groups is 5. The highest BCUT2D eigenvalue weighted by atomic mass is 16.6. The fourth-order valence-electron chi connectivity index (χ4n) is 5.37. The SMILES string of the molecule is CC(NC(=O)C(NCCCc1ccccc1)C(C)C)C(=O)NN(CC(=O)O)C(=O)[C@H]1O[C@@H]1C(=O)N(Cc1ccccc1)Cc1ccccc1. The van der Waals surface area contributed by atoms with Gasteiger partial charge in [-0.3, -0.25) is 29.4 Å². The standard InChI is InChI=1S/C37H45N5O7/c1-25(2)31(38-21-13-20-27-14-7-4-8-15-27)35(46)39-26(3)34(45)40-42(24-30(43)44)37(48)33-32(49-33)36(47)41(22-28-16-9-5-10-17-28)23-29-18-11-6-12-19-29/h4-12,14-19,25-26,31-33,38H,13,20-24H2,1-3H3,(H,39,46)(H,40,45)(H,43,44)/t26?,31?,32-,33-/m0/s1. The smallest absolute Gasteiger partial charge is 0.325 e. The minimum Gasteiger partial charge on any atom is -0.480 e. The van der Waals surface area contributed by atoms with Gasteiger partial charge in [0.15, 0.2) is 12.2 Å².